The zero-order valence-corrected chi connectivity index (χ0v) is 16.6. The van der Waals surface area contributed by atoms with E-state index in [1.807, 2.05) is 55.6 Å². The van der Waals surface area contributed by atoms with Crippen LogP contribution in [0.5, 0.6) is 5.75 Å². The normalized spacial score (nSPS) is 10.6. The zero-order valence-electron chi connectivity index (χ0n) is 14.3. The molecule has 3 nitrogen and oxygen atoms in total. The van der Waals surface area contributed by atoms with Gasteiger partial charge >= 0.3 is 0 Å². The van der Waals surface area contributed by atoms with Crippen molar-refractivity contribution in [2.75, 3.05) is 5.32 Å². The molecule has 0 aliphatic carbocycles. The molecule has 0 aliphatic rings. The first-order chi connectivity index (χ1) is 12.4. The number of carbonyl (C=O) groups is 1. The molecule has 0 saturated heterocycles. The lowest BCUT2D eigenvalue weighted by Crippen LogP contribution is -2.11. The minimum Gasteiger partial charge on any atom is -0.489 e. The molecule has 1 N–H and O–H groups in total. The fraction of sp³-hybridized carbons (Fsp3) is 0.150. The monoisotopic (exact) mass is 405 g/mol. The molecule has 0 unspecified atom stereocenters. The molecule has 1 heterocycles. The van der Waals surface area contributed by atoms with E-state index >= 15 is 0 Å². The summed E-state index contributed by atoms with van der Waals surface area (Å²) in [5, 5.41) is 6.16. The second-order valence-corrected chi connectivity index (χ2v) is 7.61. The van der Waals surface area contributed by atoms with Crippen LogP contribution >= 0.6 is 34.5 Å². The molecule has 26 heavy (non-hydrogen) atoms. The number of halogens is 2. The van der Waals surface area contributed by atoms with Gasteiger partial charge in [-0.05, 0) is 66.8 Å². The third-order valence-corrected chi connectivity index (χ3v) is 5.74. The lowest BCUT2D eigenvalue weighted by Gasteiger charge is -2.08. The number of benzene rings is 2. The molecule has 6 heteroatoms. The van der Waals surface area contributed by atoms with Crippen LogP contribution < -0.4 is 10.1 Å². The molecule has 0 bridgehead atoms. The van der Waals surface area contributed by atoms with Gasteiger partial charge in [-0.2, -0.15) is 0 Å². The minimum atomic E-state index is -0.158. The Morgan fingerprint density at radius 1 is 1.12 bits per heavy atom. The van der Waals surface area contributed by atoms with Crippen molar-refractivity contribution in [1.82, 2.24) is 0 Å². The Morgan fingerprint density at radius 2 is 1.92 bits per heavy atom. The number of carbonyl (C=O) groups excluding carboxylic acids is 1. The molecule has 2 aromatic carbocycles. The number of aryl methyl sites for hydroxylation is 1. The molecule has 1 aromatic heterocycles. The maximum absolute atomic E-state index is 12.4. The van der Waals surface area contributed by atoms with Crippen molar-refractivity contribution in [3.05, 3.63) is 79.5 Å². The smallest absolute Gasteiger partial charge is 0.265 e. The van der Waals surface area contributed by atoms with Gasteiger partial charge in [0.05, 0.1) is 4.88 Å². The Bertz CT molecular complexity index is 953. The third-order valence-electron chi connectivity index (χ3n) is 3.93. The first kappa shape index (κ1) is 18.8. The van der Waals surface area contributed by atoms with E-state index in [4.69, 9.17) is 27.9 Å². The molecule has 3 aromatic rings. The van der Waals surface area contributed by atoms with E-state index in [1.165, 1.54) is 11.3 Å². The minimum absolute atomic E-state index is 0.158. The highest BCUT2D eigenvalue weighted by Gasteiger charge is 2.12. The summed E-state index contributed by atoms with van der Waals surface area (Å²) in [4.78, 5) is 13.1. The molecule has 0 atom stereocenters. The molecule has 3 rings (SSSR count). The van der Waals surface area contributed by atoms with Crippen LogP contribution in [0.2, 0.25) is 10.0 Å². The predicted molar refractivity (Wildman–Crippen MR) is 109 cm³/mol. The topological polar surface area (TPSA) is 38.3 Å². The quantitative estimate of drug-likeness (QED) is 0.525. The summed E-state index contributed by atoms with van der Waals surface area (Å²) < 4.78 is 5.77. The summed E-state index contributed by atoms with van der Waals surface area (Å²) in [7, 11) is 0. The molecule has 134 valence electrons. The SMILES string of the molecule is Cc1cc(OCc2csc(C(=O)Nc3cccc(Cl)c3C)c2)ccc1Cl. The van der Waals surface area contributed by atoms with Crippen LogP contribution in [-0.2, 0) is 6.61 Å². The van der Waals surface area contributed by atoms with Crippen molar-refractivity contribution in [3.8, 4) is 5.75 Å². The van der Waals surface area contributed by atoms with Crippen molar-refractivity contribution in [2.24, 2.45) is 0 Å². The molecule has 0 saturated carbocycles. The number of rotatable bonds is 5. The molecule has 0 spiro atoms. The number of hydrogen-bond donors (Lipinski definition) is 1. The number of ether oxygens (including phenoxy) is 1. The summed E-state index contributed by atoms with van der Waals surface area (Å²) >= 11 is 13.5. The van der Waals surface area contributed by atoms with Crippen LogP contribution in [0.3, 0.4) is 0 Å². The lowest BCUT2D eigenvalue weighted by atomic mass is 10.2. The second kappa shape index (κ2) is 8.12. The molecule has 0 fully saturated rings. The van der Waals surface area contributed by atoms with Crippen molar-refractivity contribution >= 4 is 46.1 Å². The highest BCUT2D eigenvalue weighted by molar-refractivity contribution is 7.12. The van der Waals surface area contributed by atoms with Gasteiger partial charge in [-0.15, -0.1) is 11.3 Å². The van der Waals surface area contributed by atoms with E-state index in [9.17, 15) is 4.79 Å². The van der Waals surface area contributed by atoms with Crippen molar-refractivity contribution in [3.63, 3.8) is 0 Å². The first-order valence-electron chi connectivity index (χ1n) is 7.97. The number of thiophene rings is 1. The Kier molecular flexibility index (Phi) is 5.87. The molecular weight excluding hydrogens is 389 g/mol. The number of anilines is 1. The van der Waals surface area contributed by atoms with E-state index in [0.29, 0.717) is 27.2 Å². The number of amides is 1. The molecule has 0 radical (unpaired) electrons. The van der Waals surface area contributed by atoms with Crippen LogP contribution in [-0.4, -0.2) is 5.91 Å². The van der Waals surface area contributed by atoms with Gasteiger partial charge in [-0.3, -0.25) is 4.79 Å². The van der Waals surface area contributed by atoms with Crippen molar-refractivity contribution in [1.29, 1.82) is 0 Å². The van der Waals surface area contributed by atoms with Gasteiger partial charge in [0.25, 0.3) is 5.91 Å². The van der Waals surface area contributed by atoms with Crippen LogP contribution in [0.1, 0.15) is 26.4 Å². The Hall–Kier alpha value is -2.01. The van der Waals surface area contributed by atoms with Crippen LogP contribution in [0.4, 0.5) is 5.69 Å². The summed E-state index contributed by atoms with van der Waals surface area (Å²) in [6, 6.07) is 12.8. The van der Waals surface area contributed by atoms with E-state index in [0.717, 1.165) is 22.4 Å². The summed E-state index contributed by atoms with van der Waals surface area (Å²) in [6.45, 7) is 4.20. The van der Waals surface area contributed by atoms with Gasteiger partial charge < -0.3 is 10.1 Å². The van der Waals surface area contributed by atoms with E-state index in [-0.39, 0.29) is 5.91 Å². The van der Waals surface area contributed by atoms with Crippen LogP contribution in [0.15, 0.2) is 47.8 Å². The summed E-state index contributed by atoms with van der Waals surface area (Å²) in [5.74, 6) is 0.590. The highest BCUT2D eigenvalue weighted by Crippen LogP contribution is 2.25. The summed E-state index contributed by atoms with van der Waals surface area (Å²) in [5.41, 5.74) is 3.47. The zero-order chi connectivity index (χ0) is 18.7. The Balaban J connectivity index is 1.64. The Morgan fingerprint density at radius 3 is 2.69 bits per heavy atom. The molecular formula is C20H17Cl2NO2S. The van der Waals surface area contributed by atoms with Gasteiger partial charge in [0.2, 0.25) is 0 Å². The van der Waals surface area contributed by atoms with Crippen LogP contribution in [0, 0.1) is 13.8 Å². The van der Waals surface area contributed by atoms with Gasteiger partial charge in [0.1, 0.15) is 12.4 Å². The maximum atomic E-state index is 12.4. The van der Waals surface area contributed by atoms with Crippen molar-refractivity contribution < 1.29 is 9.53 Å². The molecule has 1 amide bonds. The lowest BCUT2D eigenvalue weighted by molar-refractivity contribution is 0.103. The summed E-state index contributed by atoms with van der Waals surface area (Å²) in [6.07, 6.45) is 0. The van der Waals surface area contributed by atoms with E-state index < -0.39 is 0 Å². The average Bonchev–Trinajstić information content (AvgIpc) is 3.09. The standard InChI is InChI=1S/C20H17Cl2NO2S/c1-12-8-15(6-7-16(12)21)25-10-14-9-19(26-11-14)20(24)23-18-5-3-4-17(22)13(18)2/h3-9,11H,10H2,1-2H3,(H,23,24). The fourth-order valence-corrected chi connectivity index (χ4v) is 3.45. The predicted octanol–water partition coefficient (Wildman–Crippen LogP) is 6.50. The van der Waals surface area contributed by atoms with Crippen LogP contribution in [0.25, 0.3) is 0 Å². The maximum Gasteiger partial charge on any atom is 0.265 e. The molecule has 0 aliphatic heterocycles. The van der Waals surface area contributed by atoms with Gasteiger partial charge in [0, 0.05) is 21.3 Å². The van der Waals surface area contributed by atoms with Crippen molar-refractivity contribution in [2.45, 2.75) is 20.5 Å². The van der Waals surface area contributed by atoms with Gasteiger partial charge in [-0.25, -0.2) is 0 Å². The van der Waals surface area contributed by atoms with Gasteiger partial charge in [0.15, 0.2) is 0 Å². The first-order valence-corrected chi connectivity index (χ1v) is 9.60. The average molecular weight is 406 g/mol. The second-order valence-electron chi connectivity index (χ2n) is 5.89. The van der Waals surface area contributed by atoms with E-state index in [2.05, 4.69) is 5.32 Å². The highest BCUT2D eigenvalue weighted by atomic mass is 35.5. The Labute approximate surface area is 166 Å². The van der Waals surface area contributed by atoms with Gasteiger partial charge in [-0.1, -0.05) is 29.3 Å². The largest absolute Gasteiger partial charge is 0.489 e. The van der Waals surface area contributed by atoms with E-state index in [1.54, 1.807) is 6.07 Å². The third kappa shape index (κ3) is 4.39. The number of nitrogens with one attached hydrogen (secondary N) is 1. The fourth-order valence-electron chi connectivity index (χ4n) is 2.37. The number of hydrogen-bond acceptors (Lipinski definition) is 3.